The number of hydrogen-bond acceptors (Lipinski definition) is 8. The van der Waals surface area contributed by atoms with E-state index in [-0.39, 0.29) is 29.0 Å². The highest BCUT2D eigenvalue weighted by Gasteiger charge is 2.38. The molecule has 0 amide bonds. The van der Waals surface area contributed by atoms with E-state index in [0.717, 1.165) is 11.3 Å². The number of hydrogen-bond donors (Lipinski definition) is 2. The molecule has 3 aromatic rings. The first kappa shape index (κ1) is 28.7. The summed E-state index contributed by atoms with van der Waals surface area (Å²) in [6.45, 7) is 5.72. The van der Waals surface area contributed by atoms with Crippen molar-refractivity contribution in [1.82, 2.24) is 24.8 Å². The molecule has 1 fully saturated rings. The van der Waals surface area contributed by atoms with Crippen molar-refractivity contribution in [1.29, 1.82) is 0 Å². The molecular formula is C27H31F3N6O2S2. The smallest absolute Gasteiger partial charge is 0.353 e. The topological polar surface area (TPSA) is 95.9 Å². The Morgan fingerprint density at radius 3 is 2.50 bits per heavy atom. The third kappa shape index (κ3) is 6.10. The van der Waals surface area contributed by atoms with Gasteiger partial charge in [-0.2, -0.15) is 29.9 Å². The van der Waals surface area contributed by atoms with E-state index in [1.54, 1.807) is 22.4 Å². The zero-order valence-corrected chi connectivity index (χ0v) is 23.9. The number of nitrogens with zero attached hydrogens (tertiary/aromatic N) is 4. The standard InChI is InChI=1S/C23H27F3N4OS2.C4H4N2O/c1-13-11-29(12-14(2)27-13)21-16-10-17(23(24,25)26)18(15-4-8-32-9-5-15)20-19(16)30(22(31)28-21)6-3-7-33-20;7-4-5-2-1-3-6-4/h4,10,13-14,27H,3,5-9,11-12H2,1-2H3;1-3H,(H,5,6,7). The lowest BCUT2D eigenvalue weighted by Gasteiger charge is -2.37. The van der Waals surface area contributed by atoms with Crippen molar-refractivity contribution >= 4 is 45.8 Å². The summed E-state index contributed by atoms with van der Waals surface area (Å²) >= 11 is 3.18. The second kappa shape index (κ2) is 12.0. The Morgan fingerprint density at radius 1 is 1.12 bits per heavy atom. The van der Waals surface area contributed by atoms with Crippen LogP contribution in [0.25, 0.3) is 16.5 Å². The Bertz CT molecular complexity index is 1510. The lowest BCUT2D eigenvalue weighted by molar-refractivity contribution is -0.137. The van der Waals surface area contributed by atoms with Crippen molar-refractivity contribution in [3.8, 4) is 0 Å². The van der Waals surface area contributed by atoms with E-state index < -0.39 is 11.7 Å². The van der Waals surface area contributed by atoms with Gasteiger partial charge in [-0.1, -0.05) is 6.08 Å². The Kier molecular flexibility index (Phi) is 8.62. The van der Waals surface area contributed by atoms with Gasteiger partial charge >= 0.3 is 17.6 Å². The second-order valence-corrected chi connectivity index (χ2v) is 12.4. The zero-order valence-electron chi connectivity index (χ0n) is 22.3. The molecule has 6 rings (SSSR count). The Labute approximate surface area is 237 Å². The van der Waals surface area contributed by atoms with Gasteiger partial charge in [0.25, 0.3) is 0 Å². The molecule has 2 N–H and O–H groups in total. The quantitative estimate of drug-likeness (QED) is 0.453. The van der Waals surface area contributed by atoms with Gasteiger partial charge in [0, 0.05) is 65.7 Å². The van der Waals surface area contributed by atoms with Crippen LogP contribution < -0.4 is 21.6 Å². The highest BCUT2D eigenvalue weighted by Crippen LogP contribution is 2.47. The van der Waals surface area contributed by atoms with Gasteiger partial charge in [0.2, 0.25) is 0 Å². The molecule has 2 aromatic heterocycles. The van der Waals surface area contributed by atoms with Crippen LogP contribution in [0.2, 0.25) is 0 Å². The summed E-state index contributed by atoms with van der Waals surface area (Å²) in [6.07, 6.45) is 1.72. The molecule has 0 bridgehead atoms. The molecule has 13 heteroatoms. The summed E-state index contributed by atoms with van der Waals surface area (Å²) in [5, 5.41) is 3.87. The van der Waals surface area contributed by atoms with Crippen LogP contribution in [0.3, 0.4) is 0 Å². The Balaban J connectivity index is 0.000000403. The average Bonchev–Trinajstić information content (AvgIpc) is 3.14. The van der Waals surface area contributed by atoms with Gasteiger partial charge in [-0.3, -0.25) is 4.57 Å². The van der Waals surface area contributed by atoms with Crippen molar-refractivity contribution in [3.63, 3.8) is 0 Å². The van der Waals surface area contributed by atoms with Crippen molar-refractivity contribution < 1.29 is 13.2 Å². The second-order valence-electron chi connectivity index (χ2n) is 10.1. The molecule has 0 saturated carbocycles. The zero-order chi connectivity index (χ0) is 28.4. The van der Waals surface area contributed by atoms with Gasteiger partial charge in [-0.15, -0.1) is 11.8 Å². The summed E-state index contributed by atoms with van der Waals surface area (Å²) in [6, 6.07) is 3.20. The van der Waals surface area contributed by atoms with Gasteiger partial charge in [0.05, 0.1) is 11.1 Å². The maximum Gasteiger partial charge on any atom is 0.417 e. The molecular weight excluding hydrogens is 561 g/mol. The molecule has 0 radical (unpaired) electrons. The fraction of sp³-hybridized carbons (Fsp3) is 0.481. The number of rotatable bonds is 2. The molecule has 214 valence electrons. The van der Waals surface area contributed by atoms with Gasteiger partial charge in [-0.05, 0) is 55.9 Å². The molecule has 0 spiro atoms. The van der Waals surface area contributed by atoms with Crippen molar-refractivity contribution in [2.45, 2.75) is 56.4 Å². The SMILES string of the molecule is CC1CN(c2nc(=O)n3c4c(c(C5=CCSCC5)c(C(F)(F)F)cc24)SCCC3)CC(C)N1.O=c1nccc[nH]1. The van der Waals surface area contributed by atoms with Crippen LogP contribution in [0.1, 0.15) is 37.8 Å². The summed E-state index contributed by atoms with van der Waals surface area (Å²) in [5.41, 5.74) is 0.348. The first-order chi connectivity index (χ1) is 19.1. The Hall–Kier alpha value is -2.77. The number of aromatic nitrogens is 4. The minimum atomic E-state index is -4.50. The predicted molar refractivity (Wildman–Crippen MR) is 155 cm³/mol. The van der Waals surface area contributed by atoms with Crippen LogP contribution in [0.5, 0.6) is 0 Å². The summed E-state index contributed by atoms with van der Waals surface area (Å²) < 4.78 is 45.1. The third-order valence-corrected chi connectivity index (χ3v) is 9.07. The van der Waals surface area contributed by atoms with Crippen LogP contribution in [0.15, 0.2) is 45.1 Å². The molecule has 5 heterocycles. The van der Waals surface area contributed by atoms with Crippen molar-refractivity contribution in [2.24, 2.45) is 0 Å². The average molecular weight is 593 g/mol. The number of nitrogens with one attached hydrogen (secondary N) is 2. The molecule has 2 unspecified atom stereocenters. The normalized spacial score (nSPS) is 21.3. The maximum atomic E-state index is 14.5. The van der Waals surface area contributed by atoms with E-state index in [4.69, 9.17) is 0 Å². The number of H-pyrrole nitrogens is 1. The first-order valence-corrected chi connectivity index (χ1v) is 15.4. The molecule has 8 nitrogen and oxygen atoms in total. The van der Waals surface area contributed by atoms with E-state index in [2.05, 4.69) is 20.3 Å². The summed E-state index contributed by atoms with van der Waals surface area (Å²) in [4.78, 5) is 35.9. The lowest BCUT2D eigenvalue weighted by atomic mass is 9.94. The molecule has 40 heavy (non-hydrogen) atoms. The van der Waals surface area contributed by atoms with E-state index in [0.29, 0.717) is 65.6 Å². The van der Waals surface area contributed by atoms with Gasteiger partial charge in [0.15, 0.2) is 0 Å². The number of anilines is 1. The number of allylic oxidation sites excluding steroid dienone is 1. The van der Waals surface area contributed by atoms with Crippen LogP contribution in [0.4, 0.5) is 19.0 Å². The van der Waals surface area contributed by atoms with Crippen LogP contribution in [-0.2, 0) is 12.7 Å². The number of halogens is 3. The number of piperazine rings is 1. The number of alkyl halides is 3. The molecule has 2 atom stereocenters. The lowest BCUT2D eigenvalue weighted by Crippen LogP contribution is -2.55. The van der Waals surface area contributed by atoms with E-state index in [9.17, 15) is 22.8 Å². The third-order valence-electron chi connectivity index (χ3n) is 7.00. The predicted octanol–water partition coefficient (Wildman–Crippen LogP) is 4.39. The number of aryl methyl sites for hydroxylation is 1. The van der Waals surface area contributed by atoms with Crippen molar-refractivity contribution in [3.05, 3.63) is 62.7 Å². The largest absolute Gasteiger partial charge is 0.417 e. The number of aromatic amines is 1. The van der Waals surface area contributed by atoms with Crippen LogP contribution in [-0.4, -0.2) is 62.0 Å². The molecule has 1 saturated heterocycles. The minimum Gasteiger partial charge on any atom is -0.353 e. The minimum absolute atomic E-state index is 0.142. The first-order valence-electron chi connectivity index (χ1n) is 13.2. The van der Waals surface area contributed by atoms with Gasteiger partial charge in [0.1, 0.15) is 5.82 Å². The summed E-state index contributed by atoms with van der Waals surface area (Å²) in [5.74, 6) is 2.56. The van der Waals surface area contributed by atoms with Crippen molar-refractivity contribution in [2.75, 3.05) is 35.2 Å². The van der Waals surface area contributed by atoms with E-state index in [1.165, 1.54) is 30.2 Å². The number of benzene rings is 1. The van der Waals surface area contributed by atoms with Crippen LogP contribution >= 0.6 is 23.5 Å². The molecule has 1 aromatic carbocycles. The maximum absolute atomic E-state index is 14.5. The molecule has 3 aliphatic heterocycles. The van der Waals surface area contributed by atoms with Gasteiger partial charge in [-0.25, -0.2) is 14.6 Å². The molecule has 3 aliphatic rings. The monoisotopic (exact) mass is 592 g/mol. The fourth-order valence-electron chi connectivity index (χ4n) is 5.49. The van der Waals surface area contributed by atoms with Gasteiger partial charge < -0.3 is 15.2 Å². The molecule has 0 aliphatic carbocycles. The van der Waals surface area contributed by atoms with E-state index >= 15 is 0 Å². The van der Waals surface area contributed by atoms with E-state index in [1.807, 2.05) is 24.8 Å². The Morgan fingerprint density at radius 2 is 1.90 bits per heavy atom. The number of thioether (sulfide) groups is 2. The highest BCUT2D eigenvalue weighted by atomic mass is 32.2. The summed E-state index contributed by atoms with van der Waals surface area (Å²) in [7, 11) is 0. The van der Waals surface area contributed by atoms with Crippen LogP contribution in [0, 0.1) is 0 Å². The fourth-order valence-corrected chi connectivity index (χ4v) is 7.56. The highest BCUT2D eigenvalue weighted by molar-refractivity contribution is 7.99.